The zero-order valence-corrected chi connectivity index (χ0v) is 10.3. The van der Waals surface area contributed by atoms with E-state index in [4.69, 9.17) is 4.74 Å². The molecule has 0 aliphatic heterocycles. The van der Waals surface area contributed by atoms with E-state index in [1.165, 1.54) is 0 Å². The van der Waals surface area contributed by atoms with Gasteiger partial charge in [0, 0.05) is 30.9 Å². The molecular formula is C14H16N2O2. The van der Waals surface area contributed by atoms with E-state index in [0.717, 1.165) is 11.1 Å². The molecule has 0 atom stereocenters. The van der Waals surface area contributed by atoms with Crippen molar-refractivity contribution in [2.45, 2.75) is 13.1 Å². The number of nitrogens with zero attached hydrogens (tertiary/aromatic N) is 1. The van der Waals surface area contributed by atoms with Crippen molar-refractivity contribution in [3.8, 4) is 11.6 Å². The van der Waals surface area contributed by atoms with Gasteiger partial charge in [0.25, 0.3) is 0 Å². The lowest BCUT2D eigenvalue weighted by atomic mass is 10.2. The van der Waals surface area contributed by atoms with Gasteiger partial charge in [0.15, 0.2) is 0 Å². The average molecular weight is 244 g/mol. The Balaban J connectivity index is 1.90. The van der Waals surface area contributed by atoms with E-state index >= 15 is 0 Å². The molecule has 1 heterocycles. The topological polar surface area (TPSA) is 54.4 Å². The van der Waals surface area contributed by atoms with Crippen LogP contribution < -0.4 is 10.1 Å². The van der Waals surface area contributed by atoms with Crippen LogP contribution in [-0.4, -0.2) is 17.2 Å². The summed E-state index contributed by atoms with van der Waals surface area (Å²) in [7, 11) is 1.60. The predicted molar refractivity (Wildman–Crippen MR) is 69.4 cm³/mol. The first-order valence-corrected chi connectivity index (χ1v) is 5.76. The van der Waals surface area contributed by atoms with Gasteiger partial charge in [0.2, 0.25) is 5.88 Å². The van der Waals surface area contributed by atoms with Crippen LogP contribution in [0.2, 0.25) is 0 Å². The number of para-hydroxylation sites is 1. The van der Waals surface area contributed by atoms with E-state index in [2.05, 4.69) is 10.3 Å². The molecule has 0 spiro atoms. The molecule has 0 saturated heterocycles. The molecule has 0 aliphatic rings. The second-order valence-electron chi connectivity index (χ2n) is 3.94. The molecule has 0 unspecified atom stereocenters. The van der Waals surface area contributed by atoms with Crippen LogP contribution in [0.15, 0.2) is 42.6 Å². The fourth-order valence-electron chi connectivity index (χ4n) is 1.67. The lowest BCUT2D eigenvalue weighted by Crippen LogP contribution is -2.12. The molecule has 2 N–H and O–H groups in total. The first kappa shape index (κ1) is 12.4. The summed E-state index contributed by atoms with van der Waals surface area (Å²) in [4.78, 5) is 4.05. The zero-order chi connectivity index (χ0) is 12.8. The van der Waals surface area contributed by atoms with Crippen LogP contribution in [0.3, 0.4) is 0 Å². The van der Waals surface area contributed by atoms with Crippen molar-refractivity contribution in [1.29, 1.82) is 0 Å². The number of benzene rings is 1. The number of phenolic OH excluding ortho intramolecular Hbond substituents is 1. The summed E-state index contributed by atoms with van der Waals surface area (Å²) < 4.78 is 5.06. The van der Waals surface area contributed by atoms with E-state index in [9.17, 15) is 5.11 Å². The van der Waals surface area contributed by atoms with Crippen LogP contribution >= 0.6 is 0 Å². The van der Waals surface area contributed by atoms with Crippen LogP contribution in [-0.2, 0) is 13.1 Å². The van der Waals surface area contributed by atoms with E-state index in [0.29, 0.717) is 24.7 Å². The van der Waals surface area contributed by atoms with Crippen molar-refractivity contribution in [2.24, 2.45) is 0 Å². The summed E-state index contributed by atoms with van der Waals surface area (Å²) in [5.74, 6) is 0.925. The molecule has 4 nitrogen and oxygen atoms in total. The average Bonchev–Trinajstić information content (AvgIpc) is 2.41. The minimum atomic E-state index is 0.317. The standard InChI is InChI=1S/C14H16N2O2/c1-18-14-8-11(6-7-16-14)9-15-10-12-4-2-3-5-13(12)17/h2-8,15,17H,9-10H2,1H3. The Morgan fingerprint density at radius 3 is 2.83 bits per heavy atom. The molecular weight excluding hydrogens is 228 g/mol. The largest absolute Gasteiger partial charge is 0.508 e. The first-order valence-electron chi connectivity index (χ1n) is 5.76. The minimum Gasteiger partial charge on any atom is -0.508 e. The van der Waals surface area contributed by atoms with Crippen LogP contribution in [0, 0.1) is 0 Å². The molecule has 0 bridgehead atoms. The van der Waals surface area contributed by atoms with E-state index in [-0.39, 0.29) is 0 Å². The monoisotopic (exact) mass is 244 g/mol. The Morgan fingerprint density at radius 1 is 1.22 bits per heavy atom. The van der Waals surface area contributed by atoms with Gasteiger partial charge < -0.3 is 15.2 Å². The van der Waals surface area contributed by atoms with Gasteiger partial charge in [-0.25, -0.2) is 4.98 Å². The second kappa shape index (κ2) is 6.02. The molecule has 1 aromatic carbocycles. The van der Waals surface area contributed by atoms with Gasteiger partial charge in [-0.3, -0.25) is 0 Å². The maximum atomic E-state index is 9.62. The number of hydrogen-bond donors (Lipinski definition) is 2. The molecule has 0 saturated carbocycles. The van der Waals surface area contributed by atoms with Crippen molar-refractivity contribution in [2.75, 3.05) is 7.11 Å². The summed E-state index contributed by atoms with van der Waals surface area (Å²) in [6.45, 7) is 1.32. The van der Waals surface area contributed by atoms with E-state index in [1.807, 2.05) is 30.3 Å². The number of nitrogens with one attached hydrogen (secondary N) is 1. The Kier molecular flexibility index (Phi) is 4.15. The third-order valence-electron chi connectivity index (χ3n) is 2.64. The van der Waals surface area contributed by atoms with Crippen LogP contribution in [0.4, 0.5) is 0 Å². The molecule has 0 fully saturated rings. The van der Waals surface area contributed by atoms with Crippen molar-refractivity contribution in [3.05, 3.63) is 53.7 Å². The summed E-state index contributed by atoms with van der Waals surface area (Å²) in [6.07, 6.45) is 1.72. The number of methoxy groups -OCH3 is 1. The van der Waals surface area contributed by atoms with Crippen molar-refractivity contribution < 1.29 is 9.84 Å². The number of rotatable bonds is 5. The SMILES string of the molecule is COc1cc(CNCc2ccccc2O)ccn1. The lowest BCUT2D eigenvalue weighted by molar-refractivity contribution is 0.397. The van der Waals surface area contributed by atoms with Gasteiger partial charge in [0.1, 0.15) is 5.75 Å². The molecule has 2 aromatic rings. The maximum Gasteiger partial charge on any atom is 0.213 e. The number of pyridine rings is 1. The summed E-state index contributed by atoms with van der Waals surface area (Å²) in [5, 5.41) is 12.9. The fourth-order valence-corrected chi connectivity index (χ4v) is 1.67. The maximum absolute atomic E-state index is 9.62. The van der Waals surface area contributed by atoms with Crippen LogP contribution in [0.1, 0.15) is 11.1 Å². The van der Waals surface area contributed by atoms with Gasteiger partial charge in [-0.1, -0.05) is 18.2 Å². The fraction of sp³-hybridized carbons (Fsp3) is 0.214. The van der Waals surface area contributed by atoms with Gasteiger partial charge in [-0.05, 0) is 17.7 Å². The quantitative estimate of drug-likeness (QED) is 0.845. The van der Waals surface area contributed by atoms with Gasteiger partial charge >= 0.3 is 0 Å². The van der Waals surface area contributed by atoms with Crippen molar-refractivity contribution in [3.63, 3.8) is 0 Å². The van der Waals surface area contributed by atoms with Gasteiger partial charge in [-0.15, -0.1) is 0 Å². The normalized spacial score (nSPS) is 10.3. The van der Waals surface area contributed by atoms with Gasteiger partial charge in [-0.2, -0.15) is 0 Å². The third kappa shape index (κ3) is 3.21. The molecule has 0 aliphatic carbocycles. The molecule has 2 rings (SSSR count). The Labute approximate surface area is 106 Å². The third-order valence-corrected chi connectivity index (χ3v) is 2.64. The smallest absolute Gasteiger partial charge is 0.213 e. The Morgan fingerprint density at radius 2 is 2.06 bits per heavy atom. The number of hydrogen-bond acceptors (Lipinski definition) is 4. The Bertz CT molecular complexity index is 515. The zero-order valence-electron chi connectivity index (χ0n) is 10.3. The number of ether oxygens (including phenoxy) is 1. The second-order valence-corrected chi connectivity index (χ2v) is 3.94. The highest BCUT2D eigenvalue weighted by atomic mass is 16.5. The van der Waals surface area contributed by atoms with Crippen LogP contribution in [0.25, 0.3) is 0 Å². The number of aromatic hydroxyl groups is 1. The lowest BCUT2D eigenvalue weighted by Gasteiger charge is -2.07. The predicted octanol–water partition coefficient (Wildman–Crippen LogP) is 2.09. The number of phenols is 1. The van der Waals surface area contributed by atoms with E-state index < -0.39 is 0 Å². The van der Waals surface area contributed by atoms with E-state index in [1.54, 1.807) is 19.4 Å². The summed E-state index contributed by atoms with van der Waals surface area (Å²) >= 11 is 0. The van der Waals surface area contributed by atoms with Crippen LogP contribution in [0.5, 0.6) is 11.6 Å². The Hall–Kier alpha value is -2.07. The molecule has 1 aromatic heterocycles. The van der Waals surface area contributed by atoms with Crippen molar-refractivity contribution in [1.82, 2.24) is 10.3 Å². The highest BCUT2D eigenvalue weighted by Crippen LogP contribution is 2.15. The summed E-state index contributed by atoms with van der Waals surface area (Å²) in [6, 6.07) is 11.1. The highest BCUT2D eigenvalue weighted by Gasteiger charge is 2.00. The molecule has 94 valence electrons. The molecule has 0 amide bonds. The minimum absolute atomic E-state index is 0.317. The van der Waals surface area contributed by atoms with Crippen molar-refractivity contribution >= 4 is 0 Å². The molecule has 18 heavy (non-hydrogen) atoms. The summed E-state index contributed by atoms with van der Waals surface area (Å²) in [5.41, 5.74) is 1.98. The first-order chi connectivity index (χ1) is 8.79. The molecule has 4 heteroatoms. The number of aromatic nitrogens is 1. The van der Waals surface area contributed by atoms with Gasteiger partial charge in [0.05, 0.1) is 7.11 Å². The molecule has 0 radical (unpaired) electrons. The highest BCUT2D eigenvalue weighted by molar-refractivity contribution is 5.31.